The Bertz CT molecular complexity index is 952. The van der Waals surface area contributed by atoms with E-state index in [0.29, 0.717) is 11.3 Å². The molecule has 0 atom stereocenters. The monoisotopic (exact) mass is 399 g/mol. The topological polar surface area (TPSA) is 67.2 Å². The van der Waals surface area contributed by atoms with E-state index in [1.165, 1.54) is 12.1 Å². The molecule has 0 bridgehead atoms. The number of hydrogen-bond acceptors (Lipinski definition) is 4. The first-order chi connectivity index (χ1) is 10.8. The van der Waals surface area contributed by atoms with Crippen LogP contribution in [0.4, 0.5) is 8.78 Å². The lowest BCUT2D eigenvalue weighted by Crippen LogP contribution is -2.24. The predicted molar refractivity (Wildman–Crippen MR) is 81.2 cm³/mol. The SMILES string of the molecule is N#Cc1cccc(Oc2ccc3c(c2Br)CC(F)(F)S3(=O)=O)c1. The number of sulfone groups is 1. The van der Waals surface area contributed by atoms with E-state index in [1.54, 1.807) is 18.2 Å². The highest BCUT2D eigenvalue weighted by Gasteiger charge is 2.53. The molecule has 2 aromatic carbocycles. The van der Waals surface area contributed by atoms with Gasteiger partial charge in [0, 0.05) is 0 Å². The van der Waals surface area contributed by atoms with Crippen molar-refractivity contribution in [2.75, 3.05) is 0 Å². The summed E-state index contributed by atoms with van der Waals surface area (Å²) in [5.74, 6) is 0.545. The number of alkyl halides is 2. The van der Waals surface area contributed by atoms with Crippen molar-refractivity contribution >= 4 is 25.8 Å². The van der Waals surface area contributed by atoms with Gasteiger partial charge in [0.15, 0.2) is 0 Å². The van der Waals surface area contributed by atoms with Gasteiger partial charge in [0.05, 0.1) is 27.4 Å². The zero-order valence-corrected chi connectivity index (χ0v) is 13.8. The van der Waals surface area contributed by atoms with Crippen LogP contribution in [0.1, 0.15) is 11.1 Å². The Hall–Kier alpha value is -1.98. The second-order valence-electron chi connectivity index (χ2n) is 4.91. The molecule has 118 valence electrons. The molecule has 0 unspecified atom stereocenters. The van der Waals surface area contributed by atoms with E-state index in [9.17, 15) is 17.2 Å². The van der Waals surface area contributed by atoms with E-state index in [2.05, 4.69) is 15.9 Å². The number of hydrogen-bond donors (Lipinski definition) is 0. The third-order valence-electron chi connectivity index (χ3n) is 3.42. The molecule has 1 heterocycles. The van der Waals surface area contributed by atoms with Crippen LogP contribution in [0.5, 0.6) is 11.5 Å². The summed E-state index contributed by atoms with van der Waals surface area (Å²) in [5.41, 5.74) is 0.373. The molecule has 0 saturated carbocycles. The molecule has 4 nitrogen and oxygen atoms in total. The zero-order valence-electron chi connectivity index (χ0n) is 11.4. The van der Waals surface area contributed by atoms with E-state index in [0.717, 1.165) is 6.07 Å². The van der Waals surface area contributed by atoms with Gasteiger partial charge in [-0.3, -0.25) is 0 Å². The molecule has 23 heavy (non-hydrogen) atoms. The van der Waals surface area contributed by atoms with Crippen LogP contribution in [-0.4, -0.2) is 13.7 Å². The Balaban J connectivity index is 2.04. The van der Waals surface area contributed by atoms with E-state index in [1.807, 2.05) is 6.07 Å². The molecule has 0 radical (unpaired) electrons. The highest BCUT2D eigenvalue weighted by atomic mass is 79.9. The second kappa shape index (κ2) is 5.28. The Morgan fingerprint density at radius 2 is 2.00 bits per heavy atom. The summed E-state index contributed by atoms with van der Waals surface area (Å²) in [6.07, 6.45) is -0.902. The molecule has 0 N–H and O–H groups in total. The summed E-state index contributed by atoms with van der Waals surface area (Å²) in [6.45, 7) is 0. The van der Waals surface area contributed by atoms with Crippen LogP contribution in [0.25, 0.3) is 0 Å². The van der Waals surface area contributed by atoms with E-state index in [-0.39, 0.29) is 15.8 Å². The number of ether oxygens (including phenoxy) is 1. The van der Waals surface area contributed by atoms with Crippen molar-refractivity contribution in [1.82, 2.24) is 0 Å². The number of nitrogens with zero attached hydrogens (tertiary/aromatic N) is 1. The molecular formula is C15H8BrF2NO3S. The standard InChI is InChI=1S/C15H8BrF2NO3S/c16-14-11-7-15(17,18)23(20,21)13(11)5-4-12(14)22-10-3-1-2-9(6-10)8-19/h1-6H,7H2. The predicted octanol–water partition coefficient (Wildman–Crippen LogP) is 4.04. The van der Waals surface area contributed by atoms with Crippen molar-refractivity contribution in [3.63, 3.8) is 0 Å². The molecule has 8 heteroatoms. The van der Waals surface area contributed by atoms with E-state index in [4.69, 9.17) is 10.00 Å². The van der Waals surface area contributed by atoms with Crippen molar-refractivity contribution in [2.24, 2.45) is 0 Å². The van der Waals surface area contributed by atoms with Gasteiger partial charge in [-0.1, -0.05) is 6.07 Å². The van der Waals surface area contributed by atoms with Crippen LogP contribution in [0.2, 0.25) is 0 Å². The fourth-order valence-corrected chi connectivity index (χ4v) is 4.40. The van der Waals surface area contributed by atoms with Crippen LogP contribution in [-0.2, 0) is 16.3 Å². The van der Waals surface area contributed by atoms with Gasteiger partial charge < -0.3 is 4.74 Å². The number of rotatable bonds is 2. The van der Waals surface area contributed by atoms with Gasteiger partial charge in [-0.15, -0.1) is 0 Å². The molecular weight excluding hydrogens is 392 g/mol. The van der Waals surface area contributed by atoms with Crippen LogP contribution in [0.15, 0.2) is 45.8 Å². The quantitative estimate of drug-likeness (QED) is 0.764. The lowest BCUT2D eigenvalue weighted by Gasteiger charge is -2.10. The Morgan fingerprint density at radius 1 is 1.26 bits per heavy atom. The Labute approximate surface area is 139 Å². The van der Waals surface area contributed by atoms with Gasteiger partial charge in [0.25, 0.3) is 0 Å². The lowest BCUT2D eigenvalue weighted by atomic mass is 10.1. The number of fused-ring (bicyclic) bond motifs is 1. The second-order valence-corrected chi connectivity index (χ2v) is 7.75. The first kappa shape index (κ1) is 15.9. The maximum Gasteiger partial charge on any atom is 0.354 e. The molecule has 1 aliphatic heterocycles. The first-order valence-electron chi connectivity index (χ1n) is 6.38. The molecule has 0 aliphatic carbocycles. The molecule has 0 spiro atoms. The molecule has 2 aromatic rings. The minimum absolute atomic E-state index is 0.0102. The van der Waals surface area contributed by atoms with Gasteiger partial charge in [-0.25, -0.2) is 8.42 Å². The lowest BCUT2D eigenvalue weighted by molar-refractivity contribution is 0.0981. The van der Waals surface area contributed by atoms with Crippen LogP contribution >= 0.6 is 15.9 Å². The molecule has 0 saturated heterocycles. The summed E-state index contributed by atoms with van der Waals surface area (Å²) in [4.78, 5) is -0.396. The highest BCUT2D eigenvalue weighted by molar-refractivity contribution is 9.10. The normalized spacial score (nSPS) is 17.3. The van der Waals surface area contributed by atoms with Crippen molar-refractivity contribution in [1.29, 1.82) is 5.26 Å². The van der Waals surface area contributed by atoms with Crippen molar-refractivity contribution in [3.8, 4) is 17.6 Å². The Morgan fingerprint density at radius 3 is 2.70 bits per heavy atom. The number of nitriles is 1. The largest absolute Gasteiger partial charge is 0.456 e. The van der Waals surface area contributed by atoms with Gasteiger partial charge in [-0.2, -0.15) is 14.0 Å². The Kier molecular flexibility index (Phi) is 3.65. The molecule has 0 fully saturated rings. The number of halogens is 3. The molecule has 0 aromatic heterocycles. The average molecular weight is 400 g/mol. The van der Waals surface area contributed by atoms with Gasteiger partial charge in [0.2, 0.25) is 9.84 Å². The average Bonchev–Trinajstić information content (AvgIpc) is 2.69. The first-order valence-corrected chi connectivity index (χ1v) is 8.66. The number of benzene rings is 2. The minimum atomic E-state index is -4.67. The zero-order chi connectivity index (χ0) is 16.8. The summed E-state index contributed by atoms with van der Waals surface area (Å²) < 4.78 is 56.6. The van der Waals surface area contributed by atoms with Crippen LogP contribution in [0, 0.1) is 11.3 Å². The van der Waals surface area contributed by atoms with Crippen LogP contribution in [0.3, 0.4) is 0 Å². The maximum atomic E-state index is 13.7. The molecule has 3 rings (SSSR count). The van der Waals surface area contributed by atoms with Crippen molar-refractivity contribution in [2.45, 2.75) is 16.6 Å². The third-order valence-corrected chi connectivity index (χ3v) is 6.18. The summed E-state index contributed by atoms with van der Waals surface area (Å²) in [6, 6.07) is 10.7. The van der Waals surface area contributed by atoms with Crippen molar-refractivity contribution < 1.29 is 21.9 Å². The van der Waals surface area contributed by atoms with E-state index < -0.39 is 26.4 Å². The minimum Gasteiger partial charge on any atom is -0.456 e. The summed E-state index contributed by atoms with van der Waals surface area (Å²) in [7, 11) is -4.67. The van der Waals surface area contributed by atoms with Gasteiger partial charge >= 0.3 is 5.25 Å². The van der Waals surface area contributed by atoms with Gasteiger partial charge in [0.1, 0.15) is 11.5 Å². The van der Waals surface area contributed by atoms with Crippen molar-refractivity contribution in [3.05, 3.63) is 52.0 Å². The fourth-order valence-electron chi connectivity index (χ4n) is 2.30. The smallest absolute Gasteiger partial charge is 0.354 e. The van der Waals surface area contributed by atoms with Crippen LogP contribution < -0.4 is 4.74 Å². The third kappa shape index (κ3) is 2.50. The maximum absolute atomic E-state index is 13.7. The highest BCUT2D eigenvalue weighted by Crippen LogP contribution is 2.47. The summed E-state index contributed by atoms with van der Waals surface area (Å²) >= 11 is 3.14. The molecule has 0 amide bonds. The molecule has 1 aliphatic rings. The summed E-state index contributed by atoms with van der Waals surface area (Å²) in [5, 5.41) is 5.04. The van der Waals surface area contributed by atoms with Gasteiger partial charge in [-0.05, 0) is 51.8 Å². The fraction of sp³-hybridized carbons (Fsp3) is 0.133. The van der Waals surface area contributed by atoms with E-state index >= 15 is 0 Å².